The molecule has 2 aliphatic rings. The van der Waals surface area contributed by atoms with Crippen LogP contribution in [-0.2, 0) is 16.1 Å². The van der Waals surface area contributed by atoms with Gasteiger partial charge in [0.1, 0.15) is 6.61 Å². The molecular weight excluding hydrogens is 320 g/mol. The number of amides is 1. The number of likely N-dealkylation sites (tertiary alicyclic amines) is 1. The Morgan fingerprint density at radius 2 is 2.08 bits per heavy atom. The first-order valence-corrected chi connectivity index (χ1v) is 8.93. The summed E-state index contributed by atoms with van der Waals surface area (Å²) in [7, 11) is 0. The van der Waals surface area contributed by atoms with Crippen LogP contribution >= 0.6 is 0 Å². The number of hydrogen-bond donors (Lipinski definition) is 0. The van der Waals surface area contributed by atoms with Crippen molar-refractivity contribution in [3.8, 4) is 11.4 Å². The van der Waals surface area contributed by atoms with Crippen molar-refractivity contribution in [3.05, 3.63) is 30.4 Å². The minimum atomic E-state index is 0.0362. The van der Waals surface area contributed by atoms with Gasteiger partial charge in [-0.3, -0.25) is 9.78 Å². The van der Waals surface area contributed by atoms with Gasteiger partial charge in [-0.25, -0.2) is 0 Å². The molecule has 2 aromatic heterocycles. The number of carbonyl (C=O) groups excluding carboxylic acids is 1. The molecule has 2 fully saturated rings. The number of carbonyl (C=O) groups is 1. The molecule has 1 saturated carbocycles. The molecule has 2 aromatic rings. The van der Waals surface area contributed by atoms with Crippen LogP contribution in [0.2, 0.25) is 0 Å². The third-order valence-electron chi connectivity index (χ3n) is 4.99. The molecule has 25 heavy (non-hydrogen) atoms. The highest BCUT2D eigenvalue weighted by Gasteiger charge is 2.32. The molecule has 3 heterocycles. The van der Waals surface area contributed by atoms with Crippen molar-refractivity contribution in [2.45, 2.75) is 44.8 Å². The van der Waals surface area contributed by atoms with Gasteiger partial charge in [-0.15, -0.1) is 0 Å². The van der Waals surface area contributed by atoms with E-state index in [2.05, 4.69) is 15.1 Å². The highest BCUT2D eigenvalue weighted by Crippen LogP contribution is 2.29. The van der Waals surface area contributed by atoms with Crippen LogP contribution in [-0.4, -0.2) is 45.1 Å². The fraction of sp³-hybridized carbons (Fsp3) is 0.556. The van der Waals surface area contributed by atoms with Gasteiger partial charge in [0.2, 0.25) is 11.7 Å². The molecule has 1 saturated heterocycles. The van der Waals surface area contributed by atoms with Gasteiger partial charge in [0, 0.05) is 37.0 Å². The van der Waals surface area contributed by atoms with E-state index in [-0.39, 0.29) is 18.6 Å². The lowest BCUT2D eigenvalue weighted by molar-refractivity contribution is -0.142. The second-order valence-electron chi connectivity index (χ2n) is 6.73. The van der Waals surface area contributed by atoms with Crippen LogP contribution in [0.25, 0.3) is 11.4 Å². The normalized spacial score (nSPS) is 21.1. The Labute approximate surface area is 146 Å². The molecule has 0 aromatic carbocycles. The van der Waals surface area contributed by atoms with Gasteiger partial charge in [-0.1, -0.05) is 11.6 Å². The third kappa shape index (κ3) is 3.71. The Morgan fingerprint density at radius 1 is 1.24 bits per heavy atom. The smallest absolute Gasteiger partial charge is 0.252 e. The maximum Gasteiger partial charge on any atom is 0.252 e. The van der Waals surface area contributed by atoms with Crippen molar-refractivity contribution < 1.29 is 14.1 Å². The Kier molecular flexibility index (Phi) is 4.74. The maximum absolute atomic E-state index is 12.4. The number of hydrogen-bond acceptors (Lipinski definition) is 6. The van der Waals surface area contributed by atoms with Crippen molar-refractivity contribution in [2.24, 2.45) is 5.92 Å². The molecule has 0 N–H and O–H groups in total. The second kappa shape index (κ2) is 7.31. The van der Waals surface area contributed by atoms with E-state index < -0.39 is 0 Å². The van der Waals surface area contributed by atoms with E-state index in [9.17, 15) is 4.79 Å². The average molecular weight is 342 g/mol. The molecular formula is C18H22N4O3. The van der Waals surface area contributed by atoms with E-state index in [1.165, 1.54) is 6.42 Å². The summed E-state index contributed by atoms with van der Waals surface area (Å²) >= 11 is 0. The summed E-state index contributed by atoms with van der Waals surface area (Å²) in [4.78, 5) is 22.7. The van der Waals surface area contributed by atoms with Crippen molar-refractivity contribution in [1.82, 2.24) is 20.0 Å². The minimum Gasteiger partial charge on any atom is -0.367 e. The largest absolute Gasteiger partial charge is 0.367 e. The van der Waals surface area contributed by atoms with Crippen molar-refractivity contribution in [1.29, 1.82) is 0 Å². The van der Waals surface area contributed by atoms with Gasteiger partial charge in [0.25, 0.3) is 5.89 Å². The van der Waals surface area contributed by atoms with Gasteiger partial charge < -0.3 is 14.2 Å². The fourth-order valence-corrected chi connectivity index (χ4v) is 3.31. The number of ether oxygens (including phenoxy) is 1. The molecule has 7 heteroatoms. The minimum absolute atomic E-state index is 0.0362. The van der Waals surface area contributed by atoms with Crippen molar-refractivity contribution >= 4 is 5.91 Å². The van der Waals surface area contributed by atoms with Crippen LogP contribution in [0.5, 0.6) is 0 Å². The molecule has 0 bridgehead atoms. The quantitative estimate of drug-likeness (QED) is 0.830. The van der Waals surface area contributed by atoms with Gasteiger partial charge in [-0.05, 0) is 37.8 Å². The number of rotatable bonds is 5. The van der Waals surface area contributed by atoms with Crippen LogP contribution in [0.1, 0.15) is 38.0 Å². The van der Waals surface area contributed by atoms with Crippen molar-refractivity contribution in [2.75, 3.05) is 13.1 Å². The lowest BCUT2D eigenvalue weighted by Crippen LogP contribution is -2.46. The molecule has 1 atom stereocenters. The Morgan fingerprint density at radius 3 is 2.84 bits per heavy atom. The van der Waals surface area contributed by atoms with Gasteiger partial charge in [0.15, 0.2) is 0 Å². The number of piperidine rings is 1. The second-order valence-corrected chi connectivity index (χ2v) is 6.73. The zero-order valence-electron chi connectivity index (χ0n) is 14.1. The standard InChI is InChI=1S/C18H22N4O3/c23-18(14-3-1-4-14)22-10-2-5-15(11-22)24-12-16-20-17(21-25-16)13-6-8-19-9-7-13/h6-9,14-15H,1-5,10-12H2. The summed E-state index contributed by atoms with van der Waals surface area (Å²) < 4.78 is 11.2. The first-order valence-electron chi connectivity index (χ1n) is 8.93. The van der Waals surface area contributed by atoms with E-state index >= 15 is 0 Å². The molecule has 4 rings (SSSR count). The average Bonchev–Trinajstić information content (AvgIpc) is 3.08. The lowest BCUT2D eigenvalue weighted by atomic mass is 9.84. The summed E-state index contributed by atoms with van der Waals surface area (Å²) in [5.41, 5.74) is 0.861. The number of nitrogens with zero attached hydrogens (tertiary/aromatic N) is 4. The van der Waals surface area contributed by atoms with Crippen LogP contribution in [0.4, 0.5) is 0 Å². The summed E-state index contributed by atoms with van der Waals surface area (Å²) in [6.07, 6.45) is 8.63. The van der Waals surface area contributed by atoms with E-state index in [0.717, 1.165) is 37.8 Å². The molecule has 1 aliphatic carbocycles. The van der Waals surface area contributed by atoms with E-state index in [1.54, 1.807) is 12.4 Å². The Balaban J connectivity index is 1.30. The first kappa shape index (κ1) is 16.2. The Hall–Kier alpha value is -2.28. The molecule has 1 unspecified atom stereocenters. The van der Waals surface area contributed by atoms with E-state index in [1.807, 2.05) is 17.0 Å². The van der Waals surface area contributed by atoms with Crippen LogP contribution in [0.3, 0.4) is 0 Å². The predicted octanol–water partition coefficient (Wildman–Crippen LogP) is 2.44. The van der Waals surface area contributed by atoms with Gasteiger partial charge in [0.05, 0.1) is 6.10 Å². The fourth-order valence-electron chi connectivity index (χ4n) is 3.31. The van der Waals surface area contributed by atoms with E-state index in [0.29, 0.717) is 24.2 Å². The number of pyridine rings is 1. The zero-order chi connectivity index (χ0) is 17.1. The topological polar surface area (TPSA) is 81.4 Å². The SMILES string of the molecule is O=C(C1CCC1)N1CCCC(OCc2nc(-c3ccncc3)no2)C1. The predicted molar refractivity (Wildman–Crippen MR) is 89.3 cm³/mol. The monoisotopic (exact) mass is 342 g/mol. The van der Waals surface area contributed by atoms with Crippen LogP contribution in [0, 0.1) is 5.92 Å². The maximum atomic E-state index is 12.4. The van der Waals surface area contributed by atoms with Crippen LogP contribution in [0.15, 0.2) is 29.0 Å². The third-order valence-corrected chi connectivity index (χ3v) is 4.99. The Bertz CT molecular complexity index is 714. The summed E-state index contributed by atoms with van der Waals surface area (Å²) in [5, 5.41) is 3.98. The highest BCUT2D eigenvalue weighted by molar-refractivity contribution is 5.79. The van der Waals surface area contributed by atoms with Gasteiger partial charge >= 0.3 is 0 Å². The first-order chi connectivity index (χ1) is 12.3. The lowest BCUT2D eigenvalue weighted by Gasteiger charge is -2.36. The van der Waals surface area contributed by atoms with Gasteiger partial charge in [-0.2, -0.15) is 4.98 Å². The molecule has 7 nitrogen and oxygen atoms in total. The summed E-state index contributed by atoms with van der Waals surface area (Å²) in [6.45, 7) is 1.79. The van der Waals surface area contributed by atoms with E-state index in [4.69, 9.17) is 9.26 Å². The van der Waals surface area contributed by atoms with Crippen LogP contribution < -0.4 is 0 Å². The molecule has 1 amide bonds. The molecule has 0 radical (unpaired) electrons. The van der Waals surface area contributed by atoms with Crippen molar-refractivity contribution in [3.63, 3.8) is 0 Å². The highest BCUT2D eigenvalue weighted by atomic mass is 16.5. The number of aromatic nitrogens is 3. The molecule has 132 valence electrons. The summed E-state index contributed by atoms with van der Waals surface area (Å²) in [5.74, 6) is 1.54. The molecule has 1 aliphatic heterocycles. The molecule has 0 spiro atoms. The summed E-state index contributed by atoms with van der Waals surface area (Å²) in [6, 6.07) is 3.67. The zero-order valence-corrected chi connectivity index (χ0v) is 14.1.